The summed E-state index contributed by atoms with van der Waals surface area (Å²) in [5.74, 6) is 0.559. The molecule has 0 aromatic heterocycles. The standard InChI is InChI=1S/C13H19O.C5H5.Fe/c1-3-5-8-11(4-2)13(14)12-9-6-7-10-12;1-2-4-5-3-1;/h6-7,9-11H,3-5,8H2,1-2H3;1-5H;/q-1;-5;. The molecular formula is C18H24FeO-6. The molecule has 116 valence electrons. The predicted octanol–water partition coefficient (Wildman–Crippen LogP) is 5.21. The molecule has 1 unspecified atom stereocenters. The zero-order valence-corrected chi connectivity index (χ0v) is 13.5. The third-order valence-corrected chi connectivity index (χ3v) is 3.27. The van der Waals surface area contributed by atoms with Gasteiger partial charge in [0.25, 0.3) is 0 Å². The molecular weight excluding hydrogens is 288 g/mol. The largest absolute Gasteiger partial charge is 0.748 e. The van der Waals surface area contributed by atoms with Crippen molar-refractivity contribution in [1.29, 1.82) is 0 Å². The second kappa shape index (κ2) is 11.7. The van der Waals surface area contributed by atoms with Gasteiger partial charge in [-0.05, 0) is 12.8 Å². The molecule has 2 heteroatoms. The molecule has 2 aromatic carbocycles. The summed E-state index contributed by atoms with van der Waals surface area (Å²) in [6, 6.07) is 17.7. The Balaban J connectivity index is 0.000000507. The maximum absolute atomic E-state index is 11.9. The van der Waals surface area contributed by atoms with E-state index >= 15 is 0 Å². The summed E-state index contributed by atoms with van der Waals surface area (Å²) < 4.78 is 0. The zero-order valence-electron chi connectivity index (χ0n) is 12.4. The van der Waals surface area contributed by atoms with Gasteiger partial charge in [-0.3, -0.25) is 0 Å². The Morgan fingerprint density at radius 3 is 1.95 bits per heavy atom. The average Bonchev–Trinajstić information content (AvgIpc) is 3.15. The van der Waals surface area contributed by atoms with Gasteiger partial charge in [-0.15, -0.1) is 0 Å². The minimum Gasteiger partial charge on any atom is -0.748 e. The molecule has 0 spiro atoms. The van der Waals surface area contributed by atoms with Gasteiger partial charge in [-0.25, -0.2) is 12.1 Å². The first-order valence-corrected chi connectivity index (χ1v) is 7.22. The topological polar surface area (TPSA) is 17.1 Å². The Labute approximate surface area is 133 Å². The summed E-state index contributed by atoms with van der Waals surface area (Å²) in [6.45, 7) is 4.26. The van der Waals surface area contributed by atoms with Gasteiger partial charge in [-0.1, -0.05) is 32.3 Å². The summed E-state index contributed by atoms with van der Waals surface area (Å²) in [5.41, 5.74) is 0.882. The van der Waals surface area contributed by atoms with Crippen LogP contribution in [-0.4, -0.2) is 5.78 Å². The number of rotatable bonds is 6. The Kier molecular flexibility index (Phi) is 11.0. The second-order valence-electron chi connectivity index (χ2n) is 4.75. The monoisotopic (exact) mass is 312 g/mol. The van der Waals surface area contributed by atoms with E-state index in [9.17, 15) is 4.79 Å². The Bertz CT molecular complexity index is 397. The van der Waals surface area contributed by atoms with Crippen molar-refractivity contribution >= 4 is 5.78 Å². The Morgan fingerprint density at radius 1 is 1.05 bits per heavy atom. The van der Waals surface area contributed by atoms with Gasteiger partial charge in [0.1, 0.15) is 5.78 Å². The molecule has 2 rings (SSSR count). The fourth-order valence-corrected chi connectivity index (χ4v) is 2.07. The van der Waals surface area contributed by atoms with E-state index in [1.807, 2.05) is 54.6 Å². The molecule has 0 heterocycles. The van der Waals surface area contributed by atoms with Crippen LogP contribution in [0.4, 0.5) is 0 Å². The summed E-state index contributed by atoms with van der Waals surface area (Å²) in [7, 11) is 0. The molecule has 0 amide bonds. The zero-order chi connectivity index (χ0) is 13.9. The van der Waals surface area contributed by atoms with Gasteiger partial charge in [0.2, 0.25) is 0 Å². The summed E-state index contributed by atoms with van der Waals surface area (Å²) in [5, 5.41) is 0. The van der Waals surface area contributed by atoms with Crippen LogP contribution in [0.15, 0.2) is 54.6 Å². The second-order valence-corrected chi connectivity index (χ2v) is 4.75. The number of hydrogen-bond donors (Lipinski definition) is 0. The normalized spacial score (nSPS) is 10.9. The van der Waals surface area contributed by atoms with Crippen LogP contribution < -0.4 is 0 Å². The van der Waals surface area contributed by atoms with Crippen LogP contribution in [0, 0.1) is 5.92 Å². The molecule has 0 saturated carbocycles. The number of carbonyl (C=O) groups is 1. The van der Waals surface area contributed by atoms with Crippen molar-refractivity contribution in [1.82, 2.24) is 0 Å². The third-order valence-electron chi connectivity index (χ3n) is 3.27. The van der Waals surface area contributed by atoms with Crippen molar-refractivity contribution in [3.05, 3.63) is 60.2 Å². The van der Waals surface area contributed by atoms with Crippen LogP contribution in [0.3, 0.4) is 0 Å². The van der Waals surface area contributed by atoms with Gasteiger partial charge in [0.15, 0.2) is 0 Å². The third kappa shape index (κ3) is 6.88. The SMILES string of the molecule is CCCCC(CC)C(=O)[c-]1cccc1.[Fe].[cH-]1[cH-][cH-][cH-][cH-]1. The van der Waals surface area contributed by atoms with Crippen molar-refractivity contribution in [2.75, 3.05) is 0 Å². The van der Waals surface area contributed by atoms with Crippen LogP contribution in [-0.2, 0) is 17.1 Å². The van der Waals surface area contributed by atoms with Crippen molar-refractivity contribution in [2.45, 2.75) is 39.5 Å². The van der Waals surface area contributed by atoms with Crippen LogP contribution >= 0.6 is 0 Å². The van der Waals surface area contributed by atoms with Gasteiger partial charge >= 0.3 is 0 Å². The predicted molar refractivity (Wildman–Crippen MR) is 81.7 cm³/mol. The summed E-state index contributed by atoms with van der Waals surface area (Å²) in [6.07, 6.45) is 4.33. The van der Waals surface area contributed by atoms with Gasteiger partial charge < -0.3 is 35.1 Å². The van der Waals surface area contributed by atoms with Crippen LogP contribution in [0.5, 0.6) is 0 Å². The fourth-order valence-electron chi connectivity index (χ4n) is 2.07. The molecule has 0 aliphatic heterocycles. The average molecular weight is 312 g/mol. The number of unbranched alkanes of at least 4 members (excludes halogenated alkanes) is 1. The summed E-state index contributed by atoms with van der Waals surface area (Å²) >= 11 is 0. The van der Waals surface area contributed by atoms with Gasteiger partial charge in [0.05, 0.1) is 0 Å². The molecule has 0 fully saturated rings. The van der Waals surface area contributed by atoms with Crippen molar-refractivity contribution in [3.63, 3.8) is 0 Å². The van der Waals surface area contributed by atoms with Crippen molar-refractivity contribution in [2.24, 2.45) is 5.92 Å². The van der Waals surface area contributed by atoms with E-state index in [1.54, 1.807) is 0 Å². The molecule has 1 nitrogen and oxygen atoms in total. The molecule has 2 aromatic rings. The Morgan fingerprint density at radius 2 is 1.55 bits per heavy atom. The molecule has 0 aliphatic carbocycles. The molecule has 0 aliphatic rings. The minimum absolute atomic E-state index is 0. The number of hydrogen-bond acceptors (Lipinski definition) is 1. The van der Waals surface area contributed by atoms with E-state index in [2.05, 4.69) is 13.8 Å². The minimum atomic E-state index is 0. The first-order chi connectivity index (χ1) is 9.29. The maximum Gasteiger partial charge on any atom is 0.111 e. The molecule has 0 N–H and O–H groups in total. The van der Waals surface area contributed by atoms with E-state index in [-0.39, 0.29) is 23.0 Å². The molecule has 20 heavy (non-hydrogen) atoms. The van der Waals surface area contributed by atoms with E-state index in [0.717, 1.165) is 24.8 Å². The summed E-state index contributed by atoms with van der Waals surface area (Å²) in [4.78, 5) is 11.9. The Hall–Kier alpha value is -1.11. The van der Waals surface area contributed by atoms with Crippen molar-refractivity contribution in [3.8, 4) is 0 Å². The van der Waals surface area contributed by atoms with E-state index < -0.39 is 0 Å². The number of ketones is 1. The number of carbonyl (C=O) groups excluding carboxylic acids is 1. The van der Waals surface area contributed by atoms with E-state index in [4.69, 9.17) is 0 Å². The molecule has 0 bridgehead atoms. The smallest absolute Gasteiger partial charge is 0.111 e. The number of Topliss-reactive ketones (excluding diaryl/α,β-unsaturated/α-hetero) is 1. The first-order valence-electron chi connectivity index (χ1n) is 7.22. The van der Waals surface area contributed by atoms with E-state index in [1.165, 1.54) is 6.42 Å². The van der Waals surface area contributed by atoms with Crippen LogP contribution in [0.1, 0.15) is 49.9 Å². The molecule has 1 atom stereocenters. The molecule has 0 radical (unpaired) electrons. The van der Waals surface area contributed by atoms with E-state index in [0.29, 0.717) is 5.78 Å². The molecule has 0 saturated heterocycles. The first kappa shape index (κ1) is 18.9. The fraction of sp³-hybridized carbons (Fsp3) is 0.389. The quantitative estimate of drug-likeness (QED) is 0.407. The van der Waals surface area contributed by atoms with Gasteiger partial charge in [0, 0.05) is 23.0 Å². The van der Waals surface area contributed by atoms with Gasteiger partial charge in [-0.2, -0.15) is 12.1 Å². The maximum atomic E-state index is 11.9. The van der Waals surface area contributed by atoms with Crippen LogP contribution in [0.25, 0.3) is 0 Å². The van der Waals surface area contributed by atoms with Crippen molar-refractivity contribution < 1.29 is 21.9 Å². The van der Waals surface area contributed by atoms with Crippen LogP contribution in [0.2, 0.25) is 0 Å².